The number of aryl methyl sites for hydroxylation is 1. The van der Waals surface area contributed by atoms with Crippen molar-refractivity contribution in [2.45, 2.75) is 168 Å². The Hall–Kier alpha value is -1.55. The summed E-state index contributed by atoms with van der Waals surface area (Å²) in [5.41, 5.74) is 1.29. The van der Waals surface area contributed by atoms with Crippen molar-refractivity contribution >= 4 is 5.97 Å². The average Bonchev–Trinajstić information content (AvgIpc) is 2.98. The van der Waals surface area contributed by atoms with Crippen LogP contribution in [-0.4, -0.2) is 32.4 Å². The molecule has 0 radical (unpaired) electrons. The van der Waals surface area contributed by atoms with Gasteiger partial charge in [-0.25, -0.2) is 0 Å². The number of carbonyl (C=O) groups is 1. The monoisotopic (exact) mass is 574 g/mol. The molecule has 0 unspecified atom stereocenters. The molecule has 0 spiro atoms. The summed E-state index contributed by atoms with van der Waals surface area (Å²) < 4.78 is 16.9. The minimum atomic E-state index is -0.0983. The number of unbranched alkanes of at least 4 members (excludes halogenated alkanes) is 20. The van der Waals surface area contributed by atoms with E-state index in [4.69, 9.17) is 14.2 Å². The van der Waals surface area contributed by atoms with E-state index >= 15 is 0 Å². The summed E-state index contributed by atoms with van der Waals surface area (Å²) >= 11 is 0. The van der Waals surface area contributed by atoms with Gasteiger partial charge >= 0.3 is 5.97 Å². The molecule has 0 bridgehead atoms. The number of esters is 1. The molecule has 4 nitrogen and oxygen atoms in total. The summed E-state index contributed by atoms with van der Waals surface area (Å²) in [6.45, 7) is 6.31. The van der Waals surface area contributed by atoms with Gasteiger partial charge in [0.05, 0.1) is 13.2 Å². The first-order chi connectivity index (χ1) is 20.3. The topological polar surface area (TPSA) is 44.8 Å². The molecule has 0 aliphatic heterocycles. The molecule has 1 aromatic rings. The SMILES string of the molecule is CCCCCCCCCCCCCCCCCC(=O)OCCOCCOc1ccccc1CCCCCCCCC. The highest BCUT2D eigenvalue weighted by Gasteiger charge is 2.05. The quantitative estimate of drug-likeness (QED) is 0.0653. The largest absolute Gasteiger partial charge is 0.491 e. The second-order valence-electron chi connectivity index (χ2n) is 11.9. The second-order valence-corrected chi connectivity index (χ2v) is 11.9. The summed E-state index contributed by atoms with van der Waals surface area (Å²) in [6, 6.07) is 8.35. The molecule has 0 aliphatic carbocycles. The summed E-state index contributed by atoms with van der Waals surface area (Å²) in [4.78, 5) is 12.0. The molecular formula is C37H66O4. The first-order valence-electron chi connectivity index (χ1n) is 17.7. The van der Waals surface area contributed by atoms with E-state index < -0.39 is 0 Å². The van der Waals surface area contributed by atoms with Crippen LogP contribution in [0.1, 0.15) is 167 Å². The molecule has 0 saturated carbocycles. The van der Waals surface area contributed by atoms with E-state index in [0.29, 0.717) is 32.8 Å². The van der Waals surface area contributed by atoms with Crippen LogP contribution in [0.25, 0.3) is 0 Å². The summed E-state index contributed by atoms with van der Waals surface area (Å²) in [6.07, 6.45) is 30.8. The maximum Gasteiger partial charge on any atom is 0.305 e. The molecule has 0 fully saturated rings. The highest BCUT2D eigenvalue weighted by Crippen LogP contribution is 2.21. The van der Waals surface area contributed by atoms with Crippen LogP contribution in [0, 0.1) is 0 Å². The predicted octanol–water partition coefficient (Wildman–Crippen LogP) is 11.2. The molecule has 0 amide bonds. The van der Waals surface area contributed by atoms with Gasteiger partial charge in [0.1, 0.15) is 19.0 Å². The van der Waals surface area contributed by atoms with Gasteiger partial charge in [-0.15, -0.1) is 0 Å². The summed E-state index contributed by atoms with van der Waals surface area (Å²) in [5.74, 6) is 0.871. The zero-order valence-electron chi connectivity index (χ0n) is 27.2. The Morgan fingerprint density at radius 3 is 1.56 bits per heavy atom. The molecule has 238 valence electrons. The van der Waals surface area contributed by atoms with Gasteiger partial charge in [0.25, 0.3) is 0 Å². The van der Waals surface area contributed by atoms with Crippen LogP contribution < -0.4 is 4.74 Å². The first-order valence-corrected chi connectivity index (χ1v) is 17.7. The lowest BCUT2D eigenvalue weighted by Gasteiger charge is -2.12. The fourth-order valence-corrected chi connectivity index (χ4v) is 5.36. The fraction of sp³-hybridized carbons (Fsp3) is 0.811. The Kier molecular flexibility index (Phi) is 27.4. The van der Waals surface area contributed by atoms with Gasteiger partial charge in [0, 0.05) is 6.42 Å². The average molecular weight is 575 g/mol. The van der Waals surface area contributed by atoms with Gasteiger partial charge in [0.2, 0.25) is 0 Å². The number of carbonyl (C=O) groups excluding carboxylic acids is 1. The van der Waals surface area contributed by atoms with E-state index in [2.05, 4.69) is 32.0 Å². The van der Waals surface area contributed by atoms with Crippen LogP contribution in [0.3, 0.4) is 0 Å². The van der Waals surface area contributed by atoms with Gasteiger partial charge < -0.3 is 14.2 Å². The van der Waals surface area contributed by atoms with E-state index in [-0.39, 0.29) is 5.97 Å². The van der Waals surface area contributed by atoms with Gasteiger partial charge in [-0.2, -0.15) is 0 Å². The highest BCUT2D eigenvalue weighted by molar-refractivity contribution is 5.69. The van der Waals surface area contributed by atoms with Crippen LogP contribution in [0.2, 0.25) is 0 Å². The van der Waals surface area contributed by atoms with E-state index in [9.17, 15) is 4.79 Å². The lowest BCUT2D eigenvalue weighted by molar-refractivity contribution is -0.145. The van der Waals surface area contributed by atoms with E-state index in [1.54, 1.807) is 0 Å². The zero-order valence-corrected chi connectivity index (χ0v) is 27.2. The van der Waals surface area contributed by atoms with Crippen LogP contribution in [0.4, 0.5) is 0 Å². The first kappa shape index (κ1) is 37.5. The number of para-hydroxylation sites is 1. The molecular weight excluding hydrogens is 508 g/mol. The van der Waals surface area contributed by atoms with Crippen molar-refractivity contribution in [2.24, 2.45) is 0 Å². The van der Waals surface area contributed by atoms with Crippen LogP contribution in [-0.2, 0) is 20.7 Å². The Labute approximate surface area is 254 Å². The molecule has 0 aliphatic rings. The van der Waals surface area contributed by atoms with Gasteiger partial charge in [-0.05, 0) is 30.9 Å². The van der Waals surface area contributed by atoms with Crippen molar-refractivity contribution in [3.8, 4) is 5.75 Å². The van der Waals surface area contributed by atoms with Crippen LogP contribution >= 0.6 is 0 Å². The number of hydrogen-bond donors (Lipinski definition) is 0. The maximum atomic E-state index is 12.0. The molecule has 0 heterocycles. The third-order valence-corrected chi connectivity index (χ3v) is 7.98. The maximum absolute atomic E-state index is 12.0. The number of benzene rings is 1. The molecule has 0 aromatic heterocycles. The lowest BCUT2D eigenvalue weighted by Crippen LogP contribution is -2.14. The van der Waals surface area contributed by atoms with Gasteiger partial charge in [0.15, 0.2) is 0 Å². The molecule has 1 rings (SSSR count). The van der Waals surface area contributed by atoms with Crippen molar-refractivity contribution in [2.75, 3.05) is 26.4 Å². The van der Waals surface area contributed by atoms with Crippen molar-refractivity contribution < 1.29 is 19.0 Å². The van der Waals surface area contributed by atoms with Crippen LogP contribution in [0.5, 0.6) is 5.75 Å². The third-order valence-electron chi connectivity index (χ3n) is 7.98. The Balaban J connectivity index is 1.88. The summed E-state index contributed by atoms with van der Waals surface area (Å²) in [5, 5.41) is 0. The predicted molar refractivity (Wildman–Crippen MR) is 175 cm³/mol. The van der Waals surface area contributed by atoms with E-state index in [0.717, 1.165) is 25.0 Å². The summed E-state index contributed by atoms with van der Waals surface area (Å²) in [7, 11) is 0. The highest BCUT2D eigenvalue weighted by atomic mass is 16.6. The Morgan fingerprint density at radius 1 is 0.537 bits per heavy atom. The van der Waals surface area contributed by atoms with Crippen molar-refractivity contribution in [3.63, 3.8) is 0 Å². The van der Waals surface area contributed by atoms with Crippen LogP contribution in [0.15, 0.2) is 24.3 Å². The normalized spacial score (nSPS) is 11.2. The molecule has 41 heavy (non-hydrogen) atoms. The van der Waals surface area contributed by atoms with Gasteiger partial charge in [-0.1, -0.05) is 160 Å². The lowest BCUT2D eigenvalue weighted by atomic mass is 10.0. The number of rotatable bonds is 31. The van der Waals surface area contributed by atoms with Crippen molar-refractivity contribution in [1.82, 2.24) is 0 Å². The van der Waals surface area contributed by atoms with E-state index in [1.807, 2.05) is 6.07 Å². The Morgan fingerprint density at radius 2 is 1.00 bits per heavy atom. The molecule has 0 atom stereocenters. The Bertz CT molecular complexity index is 689. The zero-order chi connectivity index (χ0) is 29.5. The molecule has 0 N–H and O–H groups in total. The fourth-order valence-electron chi connectivity index (χ4n) is 5.36. The molecule has 1 aromatic carbocycles. The third kappa shape index (κ3) is 24.7. The van der Waals surface area contributed by atoms with Crippen molar-refractivity contribution in [3.05, 3.63) is 29.8 Å². The molecule has 0 saturated heterocycles. The van der Waals surface area contributed by atoms with E-state index in [1.165, 1.54) is 134 Å². The van der Waals surface area contributed by atoms with Crippen molar-refractivity contribution in [1.29, 1.82) is 0 Å². The number of ether oxygens (including phenoxy) is 3. The second kappa shape index (κ2) is 29.9. The molecule has 4 heteroatoms. The minimum Gasteiger partial charge on any atom is -0.491 e. The number of hydrogen-bond acceptors (Lipinski definition) is 4. The standard InChI is InChI=1S/C37H66O4/c1-3-5-7-9-11-12-13-14-15-16-17-18-20-22-24-30-37(38)41-34-32-39-31-33-40-36-29-26-25-28-35(36)27-23-21-19-10-8-6-4-2/h25-26,28-29H,3-24,27,30-34H2,1-2H3. The minimum absolute atomic E-state index is 0.0983. The smallest absolute Gasteiger partial charge is 0.305 e. The van der Waals surface area contributed by atoms with Gasteiger partial charge in [-0.3, -0.25) is 4.79 Å².